The predicted molar refractivity (Wildman–Crippen MR) is 92.7 cm³/mol. The minimum Gasteiger partial charge on any atom is -0.480 e. The van der Waals surface area contributed by atoms with Gasteiger partial charge >= 0.3 is 5.97 Å². The van der Waals surface area contributed by atoms with Crippen molar-refractivity contribution < 1.29 is 29.1 Å². The van der Waals surface area contributed by atoms with E-state index in [-0.39, 0.29) is 0 Å². The molecule has 0 unspecified atom stereocenters. The Kier molecular flexibility index (Phi) is 10.1. The summed E-state index contributed by atoms with van der Waals surface area (Å²) in [5.74, 6) is -3.92. The van der Waals surface area contributed by atoms with Crippen LogP contribution in [0.1, 0.15) is 47.0 Å². The fourth-order valence-electron chi connectivity index (χ4n) is 2.32. The van der Waals surface area contributed by atoms with Crippen LogP contribution in [0.25, 0.3) is 0 Å². The molecule has 0 heterocycles. The number of nitrogens with one attached hydrogen (secondary N) is 2. The highest BCUT2D eigenvalue weighted by molar-refractivity contribution is 6.01. The fourth-order valence-corrected chi connectivity index (χ4v) is 2.32. The SMILES string of the molecule is CC(=O)N[C@@H](CCCCN)C(=O)N[C@H](C)C(=O)N(C(C)=O)[C@H](C)C(=O)O. The fraction of sp³-hybridized carbons (Fsp3) is 0.688. The minimum absolute atomic E-state index is 0.339. The van der Waals surface area contributed by atoms with E-state index in [4.69, 9.17) is 10.8 Å². The number of carboxylic acids is 1. The van der Waals surface area contributed by atoms with Gasteiger partial charge in [-0.25, -0.2) is 4.79 Å². The maximum atomic E-state index is 12.4. The number of hydrogen-bond acceptors (Lipinski definition) is 6. The van der Waals surface area contributed by atoms with Crippen molar-refractivity contribution in [1.82, 2.24) is 15.5 Å². The lowest BCUT2D eigenvalue weighted by Crippen LogP contribution is -2.56. The van der Waals surface area contributed by atoms with E-state index in [1.54, 1.807) is 0 Å². The first-order chi connectivity index (χ1) is 12.0. The van der Waals surface area contributed by atoms with Crippen molar-refractivity contribution in [3.05, 3.63) is 0 Å². The van der Waals surface area contributed by atoms with Crippen LogP contribution in [-0.4, -0.2) is 64.3 Å². The molecule has 0 aliphatic heterocycles. The van der Waals surface area contributed by atoms with Crippen molar-refractivity contribution in [2.75, 3.05) is 6.54 Å². The molecule has 0 saturated carbocycles. The summed E-state index contributed by atoms with van der Waals surface area (Å²) in [6.07, 6.45) is 1.62. The molecule has 148 valence electrons. The molecule has 5 N–H and O–H groups in total. The van der Waals surface area contributed by atoms with Gasteiger partial charge in [0.25, 0.3) is 5.91 Å². The van der Waals surface area contributed by atoms with Crippen molar-refractivity contribution >= 4 is 29.6 Å². The van der Waals surface area contributed by atoms with Crippen LogP contribution in [0.5, 0.6) is 0 Å². The number of rotatable bonds is 10. The summed E-state index contributed by atoms with van der Waals surface area (Å²) in [7, 11) is 0. The zero-order chi connectivity index (χ0) is 20.4. The van der Waals surface area contributed by atoms with E-state index in [1.807, 2.05) is 0 Å². The first-order valence-electron chi connectivity index (χ1n) is 8.36. The van der Waals surface area contributed by atoms with Crippen molar-refractivity contribution in [2.45, 2.75) is 65.1 Å². The molecule has 10 nitrogen and oxygen atoms in total. The van der Waals surface area contributed by atoms with E-state index < -0.39 is 47.7 Å². The molecule has 0 aliphatic carbocycles. The third kappa shape index (κ3) is 7.60. The number of amides is 4. The van der Waals surface area contributed by atoms with Crippen molar-refractivity contribution in [1.29, 1.82) is 0 Å². The Balaban J connectivity index is 5.10. The molecule has 0 rings (SSSR count). The molecule has 0 aromatic heterocycles. The molecule has 26 heavy (non-hydrogen) atoms. The molecule has 0 bridgehead atoms. The number of imide groups is 1. The molecule has 0 aromatic carbocycles. The largest absolute Gasteiger partial charge is 0.480 e. The summed E-state index contributed by atoms with van der Waals surface area (Å²) < 4.78 is 0. The summed E-state index contributed by atoms with van der Waals surface area (Å²) in [5.41, 5.74) is 5.41. The summed E-state index contributed by atoms with van der Waals surface area (Å²) in [6, 6.07) is -3.36. The van der Waals surface area contributed by atoms with Gasteiger partial charge in [0.15, 0.2) is 0 Å². The van der Waals surface area contributed by atoms with Gasteiger partial charge in [-0.1, -0.05) is 0 Å². The predicted octanol–water partition coefficient (Wildman–Crippen LogP) is -1.03. The van der Waals surface area contributed by atoms with Crippen molar-refractivity contribution in [3.63, 3.8) is 0 Å². The maximum Gasteiger partial charge on any atom is 0.326 e. The molecular formula is C16H28N4O6. The van der Waals surface area contributed by atoms with Gasteiger partial charge in [-0.3, -0.25) is 24.1 Å². The van der Waals surface area contributed by atoms with Crippen molar-refractivity contribution in [3.8, 4) is 0 Å². The van der Waals surface area contributed by atoms with E-state index in [2.05, 4.69) is 10.6 Å². The highest BCUT2D eigenvalue weighted by atomic mass is 16.4. The van der Waals surface area contributed by atoms with Crippen LogP contribution in [0.4, 0.5) is 0 Å². The van der Waals surface area contributed by atoms with Crippen LogP contribution in [-0.2, 0) is 24.0 Å². The Morgan fingerprint density at radius 1 is 1.04 bits per heavy atom. The van der Waals surface area contributed by atoms with Gasteiger partial charge in [-0.05, 0) is 39.7 Å². The number of hydrogen-bond donors (Lipinski definition) is 4. The van der Waals surface area contributed by atoms with E-state index in [9.17, 15) is 24.0 Å². The summed E-state index contributed by atoms with van der Waals surface area (Å²) >= 11 is 0. The Morgan fingerprint density at radius 3 is 2.04 bits per heavy atom. The smallest absolute Gasteiger partial charge is 0.326 e. The molecule has 0 fully saturated rings. The van der Waals surface area contributed by atoms with E-state index in [1.165, 1.54) is 20.8 Å². The standard InChI is InChI=1S/C16H28N4O6/c1-9(15(24)20(12(4)22)10(2)16(25)26)18-14(23)13(19-11(3)21)7-5-6-8-17/h9-10,13H,5-8,17H2,1-4H3,(H,18,23)(H,19,21)(H,25,26)/t9-,10-,13+/m1/s1. The van der Waals surface area contributed by atoms with Crippen LogP contribution in [0.2, 0.25) is 0 Å². The normalized spacial score (nSPS) is 13.9. The quantitative estimate of drug-likeness (QED) is 0.357. The lowest BCUT2D eigenvalue weighted by molar-refractivity contribution is -0.157. The van der Waals surface area contributed by atoms with Gasteiger partial charge in [-0.2, -0.15) is 0 Å². The van der Waals surface area contributed by atoms with Gasteiger partial charge < -0.3 is 21.5 Å². The molecular weight excluding hydrogens is 344 g/mol. The number of carboxylic acid groups (broad SMARTS) is 1. The average molecular weight is 372 g/mol. The second-order valence-electron chi connectivity index (χ2n) is 6.01. The number of carbonyl (C=O) groups excluding carboxylic acids is 4. The summed E-state index contributed by atoms with van der Waals surface area (Å²) in [6.45, 7) is 5.32. The van der Waals surface area contributed by atoms with Gasteiger partial charge in [0.1, 0.15) is 18.1 Å². The highest BCUT2D eigenvalue weighted by Crippen LogP contribution is 2.06. The Labute approximate surface area is 152 Å². The summed E-state index contributed by atoms with van der Waals surface area (Å²) in [4.78, 5) is 59.3. The van der Waals surface area contributed by atoms with Gasteiger partial charge in [0.2, 0.25) is 17.7 Å². The third-order valence-corrected chi connectivity index (χ3v) is 3.69. The number of unbranched alkanes of at least 4 members (excludes halogenated alkanes) is 1. The lowest BCUT2D eigenvalue weighted by atomic mass is 10.1. The second kappa shape index (κ2) is 11.2. The first-order valence-corrected chi connectivity index (χ1v) is 8.36. The van der Waals surface area contributed by atoms with E-state index in [0.29, 0.717) is 30.7 Å². The molecule has 0 aromatic rings. The zero-order valence-corrected chi connectivity index (χ0v) is 15.6. The van der Waals surface area contributed by atoms with Gasteiger partial charge in [0.05, 0.1) is 0 Å². The number of aliphatic carboxylic acids is 1. The van der Waals surface area contributed by atoms with Crippen LogP contribution in [0, 0.1) is 0 Å². The molecule has 0 spiro atoms. The Bertz CT molecular complexity index is 551. The molecule has 3 atom stereocenters. The molecule has 0 radical (unpaired) electrons. The highest BCUT2D eigenvalue weighted by Gasteiger charge is 2.33. The second-order valence-corrected chi connectivity index (χ2v) is 6.01. The molecule has 0 saturated heterocycles. The molecule has 4 amide bonds. The van der Waals surface area contributed by atoms with E-state index >= 15 is 0 Å². The first kappa shape index (κ1) is 23.5. The topological polar surface area (TPSA) is 159 Å². The number of nitrogens with zero attached hydrogens (tertiary/aromatic N) is 1. The van der Waals surface area contributed by atoms with Crippen LogP contribution in [0.15, 0.2) is 0 Å². The van der Waals surface area contributed by atoms with E-state index in [0.717, 1.165) is 6.92 Å². The molecule has 0 aliphatic rings. The van der Waals surface area contributed by atoms with Gasteiger partial charge in [0, 0.05) is 13.8 Å². The van der Waals surface area contributed by atoms with Crippen LogP contribution in [0.3, 0.4) is 0 Å². The Hall–Kier alpha value is -2.49. The summed E-state index contributed by atoms with van der Waals surface area (Å²) in [5, 5.41) is 13.9. The third-order valence-electron chi connectivity index (χ3n) is 3.69. The van der Waals surface area contributed by atoms with Gasteiger partial charge in [-0.15, -0.1) is 0 Å². The van der Waals surface area contributed by atoms with Crippen molar-refractivity contribution in [2.24, 2.45) is 5.73 Å². The van der Waals surface area contributed by atoms with Crippen LogP contribution >= 0.6 is 0 Å². The zero-order valence-electron chi connectivity index (χ0n) is 15.6. The Morgan fingerprint density at radius 2 is 1.62 bits per heavy atom. The number of nitrogens with two attached hydrogens (primary N) is 1. The monoisotopic (exact) mass is 372 g/mol. The minimum atomic E-state index is -1.37. The number of carbonyl (C=O) groups is 5. The lowest BCUT2D eigenvalue weighted by Gasteiger charge is -2.27. The average Bonchev–Trinajstić information content (AvgIpc) is 2.52. The maximum absolute atomic E-state index is 12.4. The van der Waals surface area contributed by atoms with Crippen LogP contribution < -0.4 is 16.4 Å². The molecule has 10 heteroatoms.